The van der Waals surface area contributed by atoms with E-state index in [1.165, 1.54) is 5.69 Å². The normalized spacial score (nSPS) is 16.7. The number of hydrogen-bond acceptors (Lipinski definition) is 3. The zero-order valence-electron chi connectivity index (χ0n) is 8.24. The molecule has 0 saturated carbocycles. The molecule has 0 amide bonds. The van der Waals surface area contributed by atoms with Crippen molar-refractivity contribution in [1.82, 2.24) is 5.32 Å². The highest BCUT2D eigenvalue weighted by atomic mass is 15.2. The fourth-order valence-corrected chi connectivity index (χ4v) is 1.77. The molecule has 3 nitrogen and oxygen atoms in total. The molecule has 74 valence electrons. The van der Waals surface area contributed by atoms with E-state index in [0.717, 1.165) is 31.9 Å². The quantitative estimate of drug-likeness (QED) is 0.713. The number of hydrogen-bond donors (Lipinski definition) is 1. The summed E-state index contributed by atoms with van der Waals surface area (Å²) in [6, 6.07) is 8.15. The first kappa shape index (κ1) is 9.21. The van der Waals surface area contributed by atoms with Crippen molar-refractivity contribution in [2.24, 2.45) is 4.99 Å². The van der Waals surface area contributed by atoms with Crippen LogP contribution in [0.2, 0.25) is 0 Å². The molecule has 0 aliphatic carbocycles. The van der Waals surface area contributed by atoms with Gasteiger partial charge in [-0.3, -0.25) is 4.99 Å². The molecule has 3 heteroatoms. The predicted molar refractivity (Wildman–Crippen MR) is 60.7 cm³/mol. The molecule has 1 aromatic carbocycles. The maximum absolute atomic E-state index is 4.03. The number of rotatable bonds is 2. The second-order valence-electron chi connectivity index (χ2n) is 3.38. The van der Waals surface area contributed by atoms with Crippen LogP contribution >= 0.6 is 0 Å². The molecule has 0 atom stereocenters. The average molecular weight is 189 g/mol. The fourth-order valence-electron chi connectivity index (χ4n) is 1.77. The number of nitrogens with zero attached hydrogens (tertiary/aromatic N) is 2. The van der Waals surface area contributed by atoms with Gasteiger partial charge in [-0.05, 0) is 18.9 Å². The van der Waals surface area contributed by atoms with Gasteiger partial charge in [0.2, 0.25) is 0 Å². The lowest BCUT2D eigenvalue weighted by Gasteiger charge is -2.30. The molecule has 1 aromatic rings. The SMILES string of the molecule is C=Nc1ccccc1N1CCNCC1. The minimum atomic E-state index is 0.981. The third-order valence-corrected chi connectivity index (χ3v) is 2.51. The van der Waals surface area contributed by atoms with Crippen molar-refractivity contribution in [3.05, 3.63) is 24.3 Å². The van der Waals surface area contributed by atoms with E-state index < -0.39 is 0 Å². The van der Waals surface area contributed by atoms with Crippen LogP contribution in [0, 0.1) is 0 Å². The third kappa shape index (κ3) is 1.77. The predicted octanol–water partition coefficient (Wildman–Crippen LogP) is 1.43. The van der Waals surface area contributed by atoms with E-state index >= 15 is 0 Å². The molecule has 1 aliphatic rings. The second kappa shape index (κ2) is 4.24. The smallest absolute Gasteiger partial charge is 0.0855 e. The van der Waals surface area contributed by atoms with Crippen molar-refractivity contribution in [3.63, 3.8) is 0 Å². The average Bonchev–Trinajstić information content (AvgIpc) is 2.30. The minimum absolute atomic E-state index is 0.981. The van der Waals surface area contributed by atoms with Gasteiger partial charge in [0, 0.05) is 26.2 Å². The van der Waals surface area contributed by atoms with E-state index in [9.17, 15) is 0 Å². The summed E-state index contributed by atoms with van der Waals surface area (Å²) in [4.78, 5) is 6.38. The number of para-hydroxylation sites is 2. The van der Waals surface area contributed by atoms with Crippen molar-refractivity contribution < 1.29 is 0 Å². The van der Waals surface area contributed by atoms with E-state index in [1.54, 1.807) is 0 Å². The lowest BCUT2D eigenvalue weighted by atomic mass is 10.2. The third-order valence-electron chi connectivity index (χ3n) is 2.51. The number of nitrogens with one attached hydrogen (secondary N) is 1. The minimum Gasteiger partial charge on any atom is -0.367 e. The monoisotopic (exact) mass is 189 g/mol. The standard InChI is InChI=1S/C11H15N3/c1-12-10-4-2-3-5-11(10)14-8-6-13-7-9-14/h2-5,13H,1,6-9H2. The van der Waals surface area contributed by atoms with Crippen LogP contribution in [0.15, 0.2) is 29.3 Å². The van der Waals surface area contributed by atoms with Gasteiger partial charge >= 0.3 is 0 Å². The highest BCUT2D eigenvalue weighted by molar-refractivity contribution is 5.69. The summed E-state index contributed by atoms with van der Waals surface area (Å²) < 4.78 is 0. The second-order valence-corrected chi connectivity index (χ2v) is 3.38. The van der Waals surface area contributed by atoms with Gasteiger partial charge in [-0.2, -0.15) is 0 Å². The highest BCUT2D eigenvalue weighted by Crippen LogP contribution is 2.27. The number of piperazine rings is 1. The van der Waals surface area contributed by atoms with Crippen molar-refractivity contribution >= 4 is 18.1 Å². The molecular weight excluding hydrogens is 174 g/mol. The molecule has 0 aromatic heterocycles. The summed E-state index contributed by atoms with van der Waals surface area (Å²) >= 11 is 0. The maximum atomic E-state index is 4.03. The summed E-state index contributed by atoms with van der Waals surface area (Å²) in [5, 5.41) is 3.33. The molecule has 0 unspecified atom stereocenters. The fraction of sp³-hybridized carbons (Fsp3) is 0.364. The number of anilines is 1. The Morgan fingerprint density at radius 3 is 2.64 bits per heavy atom. The van der Waals surface area contributed by atoms with Crippen LogP contribution in [-0.2, 0) is 0 Å². The summed E-state index contributed by atoms with van der Waals surface area (Å²) in [5.41, 5.74) is 2.18. The first-order chi connectivity index (χ1) is 6.92. The molecule has 1 fully saturated rings. The summed E-state index contributed by atoms with van der Waals surface area (Å²) in [7, 11) is 0. The molecule has 14 heavy (non-hydrogen) atoms. The van der Waals surface area contributed by atoms with Gasteiger partial charge in [-0.1, -0.05) is 12.1 Å². The zero-order chi connectivity index (χ0) is 9.80. The van der Waals surface area contributed by atoms with Gasteiger partial charge in [0.15, 0.2) is 0 Å². The molecule has 1 saturated heterocycles. The van der Waals surface area contributed by atoms with Crippen LogP contribution in [0.4, 0.5) is 11.4 Å². The van der Waals surface area contributed by atoms with Crippen LogP contribution in [0.1, 0.15) is 0 Å². The van der Waals surface area contributed by atoms with Crippen LogP contribution < -0.4 is 10.2 Å². The summed E-state index contributed by atoms with van der Waals surface area (Å²) in [5.74, 6) is 0. The van der Waals surface area contributed by atoms with Gasteiger partial charge in [-0.25, -0.2) is 0 Å². The Morgan fingerprint density at radius 2 is 1.93 bits per heavy atom. The van der Waals surface area contributed by atoms with Gasteiger partial charge in [0.1, 0.15) is 0 Å². The largest absolute Gasteiger partial charge is 0.367 e. The van der Waals surface area contributed by atoms with E-state index in [4.69, 9.17) is 0 Å². The van der Waals surface area contributed by atoms with E-state index in [2.05, 4.69) is 28.0 Å². The topological polar surface area (TPSA) is 27.6 Å². The molecular formula is C11H15N3. The van der Waals surface area contributed by atoms with Gasteiger partial charge < -0.3 is 10.2 Å². The van der Waals surface area contributed by atoms with Crippen LogP contribution in [0.25, 0.3) is 0 Å². The van der Waals surface area contributed by atoms with Crippen molar-refractivity contribution in [3.8, 4) is 0 Å². The maximum Gasteiger partial charge on any atom is 0.0855 e. The van der Waals surface area contributed by atoms with Crippen molar-refractivity contribution in [2.45, 2.75) is 0 Å². The van der Waals surface area contributed by atoms with Crippen molar-refractivity contribution in [1.29, 1.82) is 0 Å². The molecule has 2 rings (SSSR count). The van der Waals surface area contributed by atoms with Gasteiger partial charge in [0.05, 0.1) is 11.4 Å². The molecule has 0 radical (unpaired) electrons. The van der Waals surface area contributed by atoms with E-state index in [-0.39, 0.29) is 0 Å². The van der Waals surface area contributed by atoms with E-state index in [0.29, 0.717) is 0 Å². The molecule has 0 bridgehead atoms. The first-order valence-electron chi connectivity index (χ1n) is 4.93. The van der Waals surface area contributed by atoms with E-state index in [1.807, 2.05) is 18.2 Å². The highest BCUT2D eigenvalue weighted by Gasteiger charge is 2.12. The lowest BCUT2D eigenvalue weighted by Crippen LogP contribution is -2.43. The Kier molecular flexibility index (Phi) is 2.79. The van der Waals surface area contributed by atoms with Gasteiger partial charge in [-0.15, -0.1) is 0 Å². The van der Waals surface area contributed by atoms with Gasteiger partial charge in [0.25, 0.3) is 0 Å². The molecule has 0 spiro atoms. The summed E-state index contributed by atoms with van der Waals surface area (Å²) in [6.07, 6.45) is 0. The number of aliphatic imine (C=N–C) groups is 1. The lowest BCUT2D eigenvalue weighted by molar-refractivity contribution is 0.589. The Bertz CT molecular complexity index is 316. The van der Waals surface area contributed by atoms with Crippen LogP contribution in [0.5, 0.6) is 0 Å². The Labute approximate surface area is 84.5 Å². The van der Waals surface area contributed by atoms with Crippen LogP contribution in [0.3, 0.4) is 0 Å². The summed E-state index contributed by atoms with van der Waals surface area (Å²) in [6.45, 7) is 7.78. The zero-order valence-corrected chi connectivity index (χ0v) is 8.24. The number of benzene rings is 1. The molecule has 1 N–H and O–H groups in total. The first-order valence-corrected chi connectivity index (χ1v) is 4.93. The van der Waals surface area contributed by atoms with Crippen molar-refractivity contribution in [2.75, 3.05) is 31.1 Å². The Hall–Kier alpha value is -1.35. The Morgan fingerprint density at radius 1 is 1.21 bits per heavy atom. The molecule has 1 heterocycles. The molecule has 1 aliphatic heterocycles. The van der Waals surface area contributed by atoms with Crippen LogP contribution in [-0.4, -0.2) is 32.9 Å². The Balaban J connectivity index is 2.24.